The Hall–Kier alpha value is -2.89. The fourth-order valence-electron chi connectivity index (χ4n) is 4.13. The van der Waals surface area contributed by atoms with Gasteiger partial charge in [0.2, 0.25) is 0 Å². The normalized spacial score (nSPS) is 17.6. The van der Waals surface area contributed by atoms with E-state index in [2.05, 4.69) is 15.3 Å². The number of hydrogen-bond acceptors (Lipinski definition) is 5. The molecule has 2 aliphatic rings. The summed E-state index contributed by atoms with van der Waals surface area (Å²) in [6.07, 6.45) is -1.20. The summed E-state index contributed by atoms with van der Waals surface area (Å²) in [4.78, 5) is 27.6. The van der Waals surface area contributed by atoms with Crippen molar-refractivity contribution in [2.24, 2.45) is 0 Å². The Labute approximate surface area is 187 Å². The maximum Gasteiger partial charge on any atom is 0.422 e. The van der Waals surface area contributed by atoms with Crippen LogP contribution in [-0.4, -0.2) is 64.1 Å². The van der Waals surface area contributed by atoms with Gasteiger partial charge in [-0.1, -0.05) is 0 Å². The van der Waals surface area contributed by atoms with Gasteiger partial charge in [0.25, 0.3) is 5.91 Å². The van der Waals surface area contributed by atoms with E-state index in [1.807, 2.05) is 7.05 Å². The number of rotatable bonds is 5. The molecule has 1 N–H and O–H groups in total. The molecule has 1 aromatic carbocycles. The molecular formula is C21H25F4N5O3. The second-order valence-electron chi connectivity index (χ2n) is 8.47. The number of nitrogens with one attached hydrogen (secondary N) is 1. The zero-order valence-electron chi connectivity index (χ0n) is 18.1. The number of amides is 1. The van der Waals surface area contributed by atoms with Crippen molar-refractivity contribution in [2.75, 3.05) is 26.7 Å². The van der Waals surface area contributed by atoms with Gasteiger partial charge >= 0.3 is 11.9 Å². The van der Waals surface area contributed by atoms with E-state index >= 15 is 4.39 Å². The SMILES string of the molecule is CN1CCC(NC(=O)c2cc(F)c(-n3nc4n(c3=O)CCCC4)cc2OCC(F)(F)F)CC1. The number of ether oxygens (including phenoxy) is 1. The molecule has 4 rings (SSSR count). The van der Waals surface area contributed by atoms with Gasteiger partial charge in [-0.05, 0) is 51.9 Å². The first-order valence-corrected chi connectivity index (χ1v) is 10.8. The molecule has 0 atom stereocenters. The van der Waals surface area contributed by atoms with Gasteiger partial charge in [-0.15, -0.1) is 5.10 Å². The van der Waals surface area contributed by atoms with Crippen LogP contribution in [0.2, 0.25) is 0 Å². The number of carbonyl (C=O) groups excluding carboxylic acids is 1. The van der Waals surface area contributed by atoms with Crippen molar-refractivity contribution >= 4 is 5.91 Å². The molecule has 1 amide bonds. The predicted molar refractivity (Wildman–Crippen MR) is 110 cm³/mol. The van der Waals surface area contributed by atoms with Gasteiger partial charge in [0.05, 0.1) is 5.56 Å². The van der Waals surface area contributed by atoms with Crippen molar-refractivity contribution in [3.8, 4) is 11.4 Å². The fourth-order valence-corrected chi connectivity index (χ4v) is 4.13. The number of carbonyl (C=O) groups is 1. The molecule has 8 nitrogen and oxygen atoms in total. The first-order chi connectivity index (χ1) is 15.6. The molecule has 33 heavy (non-hydrogen) atoms. The Morgan fingerprint density at radius 3 is 2.61 bits per heavy atom. The van der Waals surface area contributed by atoms with E-state index in [-0.39, 0.29) is 17.3 Å². The minimum atomic E-state index is -4.67. The van der Waals surface area contributed by atoms with Crippen molar-refractivity contribution in [3.05, 3.63) is 39.8 Å². The number of nitrogens with zero attached hydrogens (tertiary/aromatic N) is 4. The Bertz CT molecular complexity index is 1090. The molecule has 1 saturated heterocycles. The van der Waals surface area contributed by atoms with Crippen molar-refractivity contribution in [1.29, 1.82) is 0 Å². The molecule has 180 valence electrons. The van der Waals surface area contributed by atoms with E-state index in [1.54, 1.807) is 0 Å². The molecular weight excluding hydrogens is 446 g/mol. The van der Waals surface area contributed by atoms with Crippen LogP contribution >= 0.6 is 0 Å². The zero-order chi connectivity index (χ0) is 23.8. The summed E-state index contributed by atoms with van der Waals surface area (Å²) in [6, 6.07) is 1.55. The third kappa shape index (κ3) is 5.21. The molecule has 0 saturated carbocycles. The lowest BCUT2D eigenvalue weighted by atomic mass is 10.0. The van der Waals surface area contributed by atoms with Gasteiger partial charge < -0.3 is 15.0 Å². The maximum atomic E-state index is 15.1. The smallest absolute Gasteiger partial charge is 0.422 e. The summed E-state index contributed by atoms with van der Waals surface area (Å²) in [5.74, 6) is -1.68. The summed E-state index contributed by atoms with van der Waals surface area (Å²) in [5.41, 5.74) is -1.32. The van der Waals surface area contributed by atoms with E-state index in [0.29, 0.717) is 31.6 Å². The second kappa shape index (κ2) is 9.16. The van der Waals surface area contributed by atoms with Crippen LogP contribution in [0.3, 0.4) is 0 Å². The number of piperidine rings is 1. The van der Waals surface area contributed by atoms with Gasteiger partial charge in [-0.25, -0.2) is 9.18 Å². The number of halogens is 4. The number of benzene rings is 1. The van der Waals surface area contributed by atoms with Gasteiger partial charge in [0.1, 0.15) is 23.1 Å². The highest BCUT2D eigenvalue weighted by Gasteiger charge is 2.31. The summed E-state index contributed by atoms with van der Waals surface area (Å²) in [6.45, 7) is 0.276. The molecule has 0 aliphatic carbocycles. The fraction of sp³-hybridized carbons (Fsp3) is 0.571. The Morgan fingerprint density at radius 1 is 1.21 bits per heavy atom. The average Bonchev–Trinajstić information content (AvgIpc) is 3.10. The van der Waals surface area contributed by atoms with E-state index in [0.717, 1.165) is 42.7 Å². The Morgan fingerprint density at radius 2 is 1.94 bits per heavy atom. The molecule has 12 heteroatoms. The summed E-state index contributed by atoms with van der Waals surface area (Å²) in [7, 11) is 1.95. The average molecular weight is 471 g/mol. The third-order valence-electron chi connectivity index (χ3n) is 5.94. The lowest BCUT2D eigenvalue weighted by molar-refractivity contribution is -0.153. The zero-order valence-corrected chi connectivity index (χ0v) is 18.1. The molecule has 2 aliphatic heterocycles. The van der Waals surface area contributed by atoms with Gasteiger partial charge in [-0.2, -0.15) is 17.9 Å². The van der Waals surface area contributed by atoms with E-state index < -0.39 is 35.9 Å². The highest BCUT2D eigenvalue weighted by Crippen LogP contribution is 2.28. The standard InChI is InChI=1S/C21H25F4N5O3/c1-28-8-5-13(6-9-28)26-19(31)14-10-15(22)16(11-17(14)33-12-21(23,24)25)30-20(32)29-7-3-2-4-18(29)27-30/h10-11,13H,2-9,12H2,1H3,(H,26,31). The lowest BCUT2D eigenvalue weighted by Gasteiger charge is -2.29. The van der Waals surface area contributed by atoms with Crippen molar-refractivity contribution in [2.45, 2.75) is 50.9 Å². The van der Waals surface area contributed by atoms with E-state index in [4.69, 9.17) is 4.74 Å². The van der Waals surface area contributed by atoms with Crippen molar-refractivity contribution < 1.29 is 27.1 Å². The molecule has 0 bridgehead atoms. The van der Waals surface area contributed by atoms with Crippen LogP contribution in [0.5, 0.6) is 5.75 Å². The van der Waals surface area contributed by atoms with Crippen LogP contribution in [0.15, 0.2) is 16.9 Å². The lowest BCUT2D eigenvalue weighted by Crippen LogP contribution is -2.43. The van der Waals surface area contributed by atoms with Crippen molar-refractivity contribution in [1.82, 2.24) is 24.6 Å². The second-order valence-corrected chi connectivity index (χ2v) is 8.47. The molecule has 1 aromatic heterocycles. The van der Waals surface area contributed by atoms with Crippen LogP contribution in [-0.2, 0) is 13.0 Å². The van der Waals surface area contributed by atoms with Crippen LogP contribution in [0.1, 0.15) is 41.9 Å². The van der Waals surface area contributed by atoms with E-state index in [1.165, 1.54) is 4.57 Å². The van der Waals surface area contributed by atoms with Gasteiger partial charge in [0.15, 0.2) is 6.61 Å². The molecule has 1 fully saturated rings. The van der Waals surface area contributed by atoms with E-state index in [9.17, 15) is 22.8 Å². The Balaban J connectivity index is 1.68. The topological polar surface area (TPSA) is 81.4 Å². The van der Waals surface area contributed by atoms with Crippen molar-refractivity contribution in [3.63, 3.8) is 0 Å². The number of likely N-dealkylation sites (tertiary alicyclic amines) is 1. The maximum absolute atomic E-state index is 15.1. The number of alkyl halides is 3. The number of aromatic nitrogens is 3. The molecule has 2 aromatic rings. The van der Waals surface area contributed by atoms with Crippen LogP contribution in [0, 0.1) is 5.82 Å². The summed E-state index contributed by atoms with van der Waals surface area (Å²) in [5, 5.41) is 6.90. The largest absolute Gasteiger partial charge is 0.483 e. The summed E-state index contributed by atoms with van der Waals surface area (Å²) >= 11 is 0. The third-order valence-corrected chi connectivity index (χ3v) is 5.94. The number of hydrogen-bond donors (Lipinski definition) is 1. The molecule has 3 heterocycles. The minimum Gasteiger partial charge on any atom is -0.483 e. The highest BCUT2D eigenvalue weighted by atomic mass is 19.4. The quantitative estimate of drug-likeness (QED) is 0.677. The monoisotopic (exact) mass is 471 g/mol. The first kappa shape index (κ1) is 23.3. The Kier molecular flexibility index (Phi) is 6.46. The number of fused-ring (bicyclic) bond motifs is 1. The molecule has 0 spiro atoms. The predicted octanol–water partition coefficient (Wildman–Crippen LogP) is 2.27. The molecule has 0 unspecified atom stereocenters. The van der Waals surface area contributed by atoms with Gasteiger partial charge in [0, 0.05) is 25.1 Å². The molecule has 0 radical (unpaired) electrons. The first-order valence-electron chi connectivity index (χ1n) is 10.8. The van der Waals surface area contributed by atoms with Crippen LogP contribution < -0.4 is 15.7 Å². The van der Waals surface area contributed by atoms with Crippen LogP contribution in [0.4, 0.5) is 17.6 Å². The van der Waals surface area contributed by atoms with Gasteiger partial charge in [-0.3, -0.25) is 9.36 Å². The minimum absolute atomic E-state index is 0.186. The van der Waals surface area contributed by atoms with Crippen LogP contribution in [0.25, 0.3) is 5.69 Å². The summed E-state index contributed by atoms with van der Waals surface area (Å²) < 4.78 is 60.6. The number of aryl methyl sites for hydroxylation is 1. The highest BCUT2D eigenvalue weighted by molar-refractivity contribution is 5.97.